The molecule has 2 amide bonds. The number of nitrogens with one attached hydrogen (secondary N) is 1. The van der Waals surface area contributed by atoms with Crippen molar-refractivity contribution >= 4 is 17.8 Å². The summed E-state index contributed by atoms with van der Waals surface area (Å²) in [7, 11) is 0. The Labute approximate surface area is 160 Å². The van der Waals surface area contributed by atoms with Crippen LogP contribution in [0.3, 0.4) is 0 Å². The summed E-state index contributed by atoms with van der Waals surface area (Å²) in [5.74, 6) is 0.345. The molecule has 27 heavy (non-hydrogen) atoms. The lowest BCUT2D eigenvalue weighted by Gasteiger charge is -2.34. The van der Waals surface area contributed by atoms with Gasteiger partial charge in [-0.15, -0.1) is 0 Å². The Kier molecular flexibility index (Phi) is 7.64. The molecule has 0 unspecified atom stereocenters. The number of ether oxygens (including phenoxy) is 2. The SMILES string of the molecule is CCOc1ccc(C(=O)NCC(=O)OCC(=O)N2C[C@H](C)C[C@@H](C)C2)cc1. The van der Waals surface area contributed by atoms with Crippen LogP contribution in [0, 0.1) is 11.8 Å². The molecule has 2 atom stereocenters. The van der Waals surface area contributed by atoms with Gasteiger partial charge in [-0.25, -0.2) is 0 Å². The van der Waals surface area contributed by atoms with Crippen molar-refractivity contribution < 1.29 is 23.9 Å². The summed E-state index contributed by atoms with van der Waals surface area (Å²) >= 11 is 0. The third-order valence-corrected chi connectivity index (χ3v) is 4.40. The molecule has 0 radical (unpaired) electrons. The average molecular weight is 376 g/mol. The molecule has 1 fully saturated rings. The van der Waals surface area contributed by atoms with Gasteiger partial charge in [-0.3, -0.25) is 14.4 Å². The first kappa shape index (κ1) is 20.7. The molecule has 1 heterocycles. The molecule has 1 aliphatic rings. The lowest BCUT2D eigenvalue weighted by Crippen LogP contribution is -2.44. The summed E-state index contributed by atoms with van der Waals surface area (Å²) in [4.78, 5) is 37.8. The molecule has 7 heteroatoms. The molecule has 7 nitrogen and oxygen atoms in total. The first-order valence-electron chi connectivity index (χ1n) is 9.33. The highest BCUT2D eigenvalue weighted by Gasteiger charge is 2.25. The molecule has 0 aromatic heterocycles. The van der Waals surface area contributed by atoms with Crippen LogP contribution in [0.1, 0.15) is 37.6 Å². The van der Waals surface area contributed by atoms with Crippen molar-refractivity contribution in [1.29, 1.82) is 0 Å². The van der Waals surface area contributed by atoms with Crippen molar-refractivity contribution in [3.8, 4) is 5.75 Å². The van der Waals surface area contributed by atoms with Gasteiger partial charge in [0.05, 0.1) is 6.61 Å². The highest BCUT2D eigenvalue weighted by molar-refractivity contribution is 5.96. The fourth-order valence-corrected chi connectivity index (χ4v) is 3.27. The van der Waals surface area contributed by atoms with E-state index in [0.717, 1.165) is 6.42 Å². The summed E-state index contributed by atoms with van der Waals surface area (Å²) in [6.45, 7) is 7.44. The fraction of sp³-hybridized carbons (Fsp3) is 0.550. The van der Waals surface area contributed by atoms with E-state index < -0.39 is 5.97 Å². The van der Waals surface area contributed by atoms with Gasteiger partial charge in [-0.1, -0.05) is 13.8 Å². The zero-order valence-corrected chi connectivity index (χ0v) is 16.2. The van der Waals surface area contributed by atoms with Crippen LogP contribution in [0.25, 0.3) is 0 Å². The van der Waals surface area contributed by atoms with E-state index in [1.807, 2.05) is 6.92 Å². The van der Waals surface area contributed by atoms with Crippen LogP contribution in [0.2, 0.25) is 0 Å². The predicted octanol–water partition coefficient (Wildman–Crippen LogP) is 1.86. The van der Waals surface area contributed by atoms with Gasteiger partial charge in [0.15, 0.2) is 6.61 Å². The van der Waals surface area contributed by atoms with E-state index in [0.29, 0.717) is 42.8 Å². The van der Waals surface area contributed by atoms with Gasteiger partial charge < -0.3 is 19.7 Å². The highest BCUT2D eigenvalue weighted by Crippen LogP contribution is 2.20. The van der Waals surface area contributed by atoms with Crippen molar-refractivity contribution in [3.63, 3.8) is 0 Å². The number of carbonyl (C=O) groups excluding carboxylic acids is 3. The number of benzene rings is 1. The molecule has 1 N–H and O–H groups in total. The van der Waals surface area contributed by atoms with Crippen LogP contribution in [-0.2, 0) is 14.3 Å². The molecule has 0 saturated carbocycles. The van der Waals surface area contributed by atoms with Crippen LogP contribution >= 0.6 is 0 Å². The normalized spacial score (nSPS) is 19.3. The van der Waals surface area contributed by atoms with Gasteiger partial charge in [0.1, 0.15) is 12.3 Å². The minimum Gasteiger partial charge on any atom is -0.494 e. The van der Waals surface area contributed by atoms with Gasteiger partial charge in [0, 0.05) is 18.7 Å². The maximum atomic E-state index is 12.2. The van der Waals surface area contributed by atoms with E-state index in [2.05, 4.69) is 19.2 Å². The molecule has 1 aromatic carbocycles. The van der Waals surface area contributed by atoms with Gasteiger partial charge in [0.25, 0.3) is 11.8 Å². The summed E-state index contributed by atoms with van der Waals surface area (Å²) in [5.41, 5.74) is 0.415. The quantitative estimate of drug-likeness (QED) is 0.734. The summed E-state index contributed by atoms with van der Waals surface area (Å²) in [6, 6.07) is 6.62. The van der Waals surface area contributed by atoms with Crippen molar-refractivity contribution in [1.82, 2.24) is 10.2 Å². The Morgan fingerprint density at radius 3 is 2.33 bits per heavy atom. The fourth-order valence-electron chi connectivity index (χ4n) is 3.27. The molecular weight excluding hydrogens is 348 g/mol. The minimum atomic E-state index is -0.638. The average Bonchev–Trinajstić information content (AvgIpc) is 2.64. The zero-order valence-electron chi connectivity index (χ0n) is 16.2. The number of likely N-dealkylation sites (tertiary alicyclic amines) is 1. The molecule has 0 bridgehead atoms. The molecule has 1 saturated heterocycles. The van der Waals surface area contributed by atoms with Crippen molar-refractivity contribution in [2.24, 2.45) is 11.8 Å². The first-order chi connectivity index (χ1) is 12.9. The van der Waals surface area contributed by atoms with E-state index in [-0.39, 0.29) is 25.0 Å². The highest BCUT2D eigenvalue weighted by atomic mass is 16.5. The smallest absolute Gasteiger partial charge is 0.325 e. The Hall–Kier alpha value is -2.57. The van der Waals surface area contributed by atoms with Crippen molar-refractivity contribution in [2.45, 2.75) is 27.2 Å². The Morgan fingerprint density at radius 1 is 1.11 bits per heavy atom. The lowest BCUT2D eigenvalue weighted by molar-refractivity contribution is -0.152. The van der Waals surface area contributed by atoms with Crippen LogP contribution < -0.4 is 10.1 Å². The second-order valence-corrected chi connectivity index (χ2v) is 7.05. The number of rotatable bonds is 7. The van der Waals surface area contributed by atoms with Crippen LogP contribution in [0.4, 0.5) is 0 Å². The standard InChI is InChI=1S/C20H28N2O5/c1-4-26-17-7-5-16(6-8-17)20(25)21-10-19(24)27-13-18(23)22-11-14(2)9-15(3)12-22/h5-8,14-15H,4,9-13H2,1-3H3,(H,21,25)/t14-,15-/m1/s1. The number of amides is 2. The van der Waals surface area contributed by atoms with Gasteiger partial charge in [-0.05, 0) is 49.4 Å². The number of esters is 1. The number of nitrogens with zero attached hydrogens (tertiary/aromatic N) is 1. The van der Waals surface area contributed by atoms with E-state index in [1.54, 1.807) is 29.2 Å². The summed E-state index contributed by atoms with van der Waals surface area (Å²) in [6.07, 6.45) is 1.10. The lowest BCUT2D eigenvalue weighted by atomic mass is 9.92. The van der Waals surface area contributed by atoms with Crippen LogP contribution in [0.5, 0.6) is 5.75 Å². The van der Waals surface area contributed by atoms with Gasteiger partial charge in [0.2, 0.25) is 0 Å². The monoisotopic (exact) mass is 376 g/mol. The zero-order chi connectivity index (χ0) is 19.8. The molecule has 0 spiro atoms. The van der Waals surface area contributed by atoms with E-state index in [9.17, 15) is 14.4 Å². The summed E-state index contributed by atoms with van der Waals surface area (Å²) < 4.78 is 10.3. The second kappa shape index (κ2) is 9.94. The minimum absolute atomic E-state index is 0.195. The predicted molar refractivity (Wildman–Crippen MR) is 100 cm³/mol. The number of hydrogen-bond donors (Lipinski definition) is 1. The Morgan fingerprint density at radius 2 is 1.74 bits per heavy atom. The van der Waals surface area contributed by atoms with Gasteiger partial charge in [-0.2, -0.15) is 0 Å². The molecule has 0 aliphatic carbocycles. The molecular formula is C20H28N2O5. The largest absolute Gasteiger partial charge is 0.494 e. The van der Waals surface area contributed by atoms with Gasteiger partial charge >= 0.3 is 5.97 Å². The van der Waals surface area contributed by atoms with Crippen molar-refractivity contribution in [3.05, 3.63) is 29.8 Å². The third kappa shape index (κ3) is 6.58. The maximum Gasteiger partial charge on any atom is 0.325 e. The summed E-state index contributed by atoms with van der Waals surface area (Å²) in [5, 5.41) is 2.49. The molecule has 1 aromatic rings. The number of hydrogen-bond acceptors (Lipinski definition) is 5. The molecule has 2 rings (SSSR count). The van der Waals surface area contributed by atoms with Crippen LogP contribution in [0.15, 0.2) is 24.3 Å². The van der Waals surface area contributed by atoms with E-state index in [1.165, 1.54) is 0 Å². The van der Waals surface area contributed by atoms with E-state index >= 15 is 0 Å². The Balaban J connectivity index is 1.72. The Bertz CT molecular complexity index is 649. The topological polar surface area (TPSA) is 84.9 Å². The maximum absolute atomic E-state index is 12.2. The first-order valence-corrected chi connectivity index (χ1v) is 9.33. The van der Waals surface area contributed by atoms with Crippen LogP contribution in [-0.4, -0.2) is 55.5 Å². The molecule has 1 aliphatic heterocycles. The molecule has 148 valence electrons. The third-order valence-electron chi connectivity index (χ3n) is 4.40. The number of piperidine rings is 1. The van der Waals surface area contributed by atoms with E-state index in [4.69, 9.17) is 9.47 Å². The number of carbonyl (C=O) groups is 3. The van der Waals surface area contributed by atoms with Crippen molar-refractivity contribution in [2.75, 3.05) is 32.8 Å². The second-order valence-electron chi connectivity index (χ2n) is 7.05.